The largest absolute Gasteiger partial charge is 0.370 e. The second-order valence-electron chi connectivity index (χ2n) is 5.82. The lowest BCUT2D eigenvalue weighted by Crippen LogP contribution is -2.39. The first kappa shape index (κ1) is 19.1. The predicted molar refractivity (Wildman–Crippen MR) is 106 cm³/mol. The molecule has 0 amide bonds. The van der Waals surface area contributed by atoms with E-state index in [0.29, 0.717) is 5.96 Å². The molecule has 22 heavy (non-hydrogen) atoms. The highest BCUT2D eigenvalue weighted by atomic mass is 127. The zero-order valence-electron chi connectivity index (χ0n) is 13.7. The number of anilines is 1. The van der Waals surface area contributed by atoms with E-state index in [1.54, 1.807) is 0 Å². The fourth-order valence-electron chi connectivity index (χ4n) is 2.64. The molecule has 1 aliphatic rings. The maximum Gasteiger partial charge on any atom is 0.188 e. The monoisotopic (exact) mass is 416 g/mol. The van der Waals surface area contributed by atoms with Gasteiger partial charge in [-0.25, -0.2) is 0 Å². The van der Waals surface area contributed by atoms with E-state index in [2.05, 4.69) is 53.3 Å². The Morgan fingerprint density at radius 1 is 1.36 bits per heavy atom. The molecular formula is C17H29IN4. The molecule has 0 aromatic heterocycles. The van der Waals surface area contributed by atoms with Gasteiger partial charge in [0.2, 0.25) is 0 Å². The minimum absolute atomic E-state index is 0. The zero-order valence-corrected chi connectivity index (χ0v) is 16.0. The normalized spacial score (nSPS) is 14.9. The number of rotatable bonds is 7. The van der Waals surface area contributed by atoms with Crippen molar-refractivity contribution in [3.63, 3.8) is 0 Å². The Labute approximate surface area is 151 Å². The fourth-order valence-corrected chi connectivity index (χ4v) is 2.64. The van der Waals surface area contributed by atoms with Gasteiger partial charge in [0.1, 0.15) is 0 Å². The Bertz CT molecular complexity index is 471. The number of hydrogen-bond acceptors (Lipinski definition) is 2. The maximum absolute atomic E-state index is 5.92. The molecule has 2 rings (SSSR count). The van der Waals surface area contributed by atoms with Gasteiger partial charge < -0.3 is 16.0 Å². The summed E-state index contributed by atoms with van der Waals surface area (Å²) in [6.45, 7) is 7.96. The van der Waals surface area contributed by atoms with Crippen LogP contribution < -0.4 is 16.0 Å². The van der Waals surface area contributed by atoms with E-state index >= 15 is 0 Å². The summed E-state index contributed by atoms with van der Waals surface area (Å²) in [5.74, 6) is 1.35. The van der Waals surface area contributed by atoms with Crippen LogP contribution in [0.5, 0.6) is 0 Å². The molecule has 1 aliphatic carbocycles. The number of halogens is 1. The highest BCUT2D eigenvalue weighted by molar-refractivity contribution is 14.0. The highest BCUT2D eigenvalue weighted by Crippen LogP contribution is 2.26. The standard InChI is InChI=1S/C17H28N4.HI/c1-3-21(16-10-5-4-7-14(16)2)12-11-19-17(18)20-13-15-8-6-9-15;/h4-5,7,10,15H,3,6,8-9,11-13H2,1-2H3,(H3,18,19,20);1H. The number of aryl methyl sites for hydroxylation is 1. The third-order valence-corrected chi connectivity index (χ3v) is 4.27. The third-order valence-electron chi connectivity index (χ3n) is 4.27. The van der Waals surface area contributed by atoms with Crippen LogP contribution in [0.3, 0.4) is 0 Å². The Hall–Kier alpha value is -0.980. The molecule has 4 nitrogen and oxygen atoms in total. The lowest BCUT2D eigenvalue weighted by molar-refractivity contribution is 0.326. The molecule has 0 spiro atoms. The molecule has 0 heterocycles. The smallest absolute Gasteiger partial charge is 0.188 e. The van der Waals surface area contributed by atoms with E-state index in [4.69, 9.17) is 5.73 Å². The summed E-state index contributed by atoms with van der Waals surface area (Å²) in [5.41, 5.74) is 8.53. The summed E-state index contributed by atoms with van der Waals surface area (Å²) >= 11 is 0. The molecule has 0 saturated heterocycles. The molecule has 0 unspecified atom stereocenters. The zero-order chi connectivity index (χ0) is 15.1. The molecule has 3 N–H and O–H groups in total. The number of aliphatic imine (C=N–C) groups is 1. The van der Waals surface area contributed by atoms with Crippen LogP contribution in [-0.2, 0) is 0 Å². The van der Waals surface area contributed by atoms with Gasteiger partial charge in [-0.15, -0.1) is 24.0 Å². The highest BCUT2D eigenvalue weighted by Gasteiger charge is 2.16. The van der Waals surface area contributed by atoms with Crippen molar-refractivity contribution >= 4 is 35.6 Å². The summed E-state index contributed by atoms with van der Waals surface area (Å²) in [4.78, 5) is 6.79. The van der Waals surface area contributed by atoms with Crippen LogP contribution in [0.1, 0.15) is 31.7 Å². The number of benzene rings is 1. The molecule has 1 fully saturated rings. The Morgan fingerprint density at radius 2 is 2.09 bits per heavy atom. The second kappa shape index (κ2) is 9.92. The van der Waals surface area contributed by atoms with Crippen LogP contribution in [0.15, 0.2) is 29.3 Å². The van der Waals surface area contributed by atoms with Crippen molar-refractivity contribution in [1.29, 1.82) is 0 Å². The van der Waals surface area contributed by atoms with E-state index in [1.807, 2.05) is 0 Å². The molecule has 0 radical (unpaired) electrons. The van der Waals surface area contributed by atoms with E-state index in [1.165, 1.54) is 30.5 Å². The molecule has 0 aliphatic heterocycles. The molecule has 0 bridgehead atoms. The molecule has 5 heteroatoms. The summed E-state index contributed by atoms with van der Waals surface area (Å²) in [5, 5.41) is 3.23. The first-order valence-electron chi connectivity index (χ1n) is 8.05. The first-order valence-corrected chi connectivity index (χ1v) is 8.05. The van der Waals surface area contributed by atoms with Gasteiger partial charge >= 0.3 is 0 Å². The summed E-state index contributed by atoms with van der Waals surface area (Å²) in [6, 6.07) is 8.50. The van der Waals surface area contributed by atoms with Crippen molar-refractivity contribution in [2.24, 2.45) is 16.6 Å². The Balaban J connectivity index is 0.00000242. The number of nitrogens with zero attached hydrogens (tertiary/aromatic N) is 2. The number of nitrogens with two attached hydrogens (primary N) is 1. The van der Waals surface area contributed by atoms with E-state index in [-0.39, 0.29) is 24.0 Å². The van der Waals surface area contributed by atoms with Gasteiger partial charge in [-0.1, -0.05) is 24.6 Å². The molecule has 0 atom stereocenters. The van der Waals surface area contributed by atoms with Gasteiger partial charge in [-0.3, -0.25) is 4.99 Å². The lowest BCUT2D eigenvalue weighted by Gasteiger charge is -2.25. The molecule has 1 aromatic rings. The van der Waals surface area contributed by atoms with Crippen molar-refractivity contribution in [1.82, 2.24) is 5.32 Å². The van der Waals surface area contributed by atoms with E-state index < -0.39 is 0 Å². The number of para-hydroxylation sites is 1. The SMILES string of the molecule is CCN(CCNC(N)=NCC1CCC1)c1ccccc1C.I. The van der Waals surface area contributed by atoms with Crippen LogP contribution in [0.4, 0.5) is 5.69 Å². The quantitative estimate of drug-likeness (QED) is 0.408. The molecule has 1 saturated carbocycles. The van der Waals surface area contributed by atoms with Crippen LogP contribution in [0.2, 0.25) is 0 Å². The minimum Gasteiger partial charge on any atom is -0.370 e. The van der Waals surface area contributed by atoms with Gasteiger partial charge in [-0.2, -0.15) is 0 Å². The van der Waals surface area contributed by atoms with Gasteiger partial charge in [-0.05, 0) is 44.2 Å². The summed E-state index contributed by atoms with van der Waals surface area (Å²) < 4.78 is 0. The number of hydrogen-bond donors (Lipinski definition) is 2. The fraction of sp³-hybridized carbons (Fsp3) is 0.588. The molecule has 124 valence electrons. The summed E-state index contributed by atoms with van der Waals surface area (Å²) in [6.07, 6.45) is 3.98. The van der Waals surface area contributed by atoms with Gasteiger partial charge in [0, 0.05) is 31.9 Å². The average molecular weight is 416 g/mol. The van der Waals surface area contributed by atoms with Crippen molar-refractivity contribution in [3.8, 4) is 0 Å². The van der Waals surface area contributed by atoms with E-state index in [0.717, 1.165) is 32.1 Å². The Morgan fingerprint density at radius 3 is 2.68 bits per heavy atom. The maximum atomic E-state index is 5.92. The Kier molecular flexibility index (Phi) is 8.60. The third kappa shape index (κ3) is 5.66. The van der Waals surface area contributed by atoms with Crippen molar-refractivity contribution in [2.45, 2.75) is 33.1 Å². The van der Waals surface area contributed by atoms with Crippen molar-refractivity contribution < 1.29 is 0 Å². The second-order valence-corrected chi connectivity index (χ2v) is 5.82. The predicted octanol–water partition coefficient (Wildman–Crippen LogP) is 3.14. The van der Waals surface area contributed by atoms with Gasteiger partial charge in [0.15, 0.2) is 5.96 Å². The average Bonchev–Trinajstić information content (AvgIpc) is 2.43. The van der Waals surface area contributed by atoms with Gasteiger partial charge in [0.25, 0.3) is 0 Å². The van der Waals surface area contributed by atoms with Crippen LogP contribution in [-0.4, -0.2) is 32.1 Å². The van der Waals surface area contributed by atoms with Crippen LogP contribution in [0, 0.1) is 12.8 Å². The molecular weight excluding hydrogens is 387 g/mol. The van der Waals surface area contributed by atoms with E-state index in [9.17, 15) is 0 Å². The first-order chi connectivity index (χ1) is 10.2. The summed E-state index contributed by atoms with van der Waals surface area (Å²) in [7, 11) is 0. The number of nitrogens with one attached hydrogen (secondary N) is 1. The topological polar surface area (TPSA) is 53.6 Å². The van der Waals surface area contributed by atoms with Crippen molar-refractivity contribution in [3.05, 3.63) is 29.8 Å². The van der Waals surface area contributed by atoms with Crippen molar-refractivity contribution in [2.75, 3.05) is 31.1 Å². The lowest BCUT2D eigenvalue weighted by atomic mass is 9.86. The minimum atomic E-state index is 0. The molecule has 1 aromatic carbocycles. The number of likely N-dealkylation sites (N-methyl/N-ethyl adjacent to an activating group) is 1. The van der Waals surface area contributed by atoms with Crippen LogP contribution in [0.25, 0.3) is 0 Å². The van der Waals surface area contributed by atoms with Gasteiger partial charge in [0.05, 0.1) is 0 Å². The number of guanidine groups is 1. The van der Waals surface area contributed by atoms with Crippen LogP contribution >= 0.6 is 24.0 Å².